The molecule has 2 N–H and O–H groups in total. The van der Waals surface area contributed by atoms with Gasteiger partial charge in [0, 0.05) is 58.2 Å². The molecule has 1 aromatic carbocycles. The average molecular weight is 498 g/mol. The van der Waals surface area contributed by atoms with Crippen LogP contribution in [0.15, 0.2) is 64.3 Å². The largest absolute Gasteiger partial charge is 0.369 e. The molecule has 37 heavy (non-hydrogen) atoms. The molecule has 1 atom stereocenters. The number of anilines is 1. The molecule has 4 aliphatic rings. The molecule has 4 aliphatic heterocycles. The molecule has 188 valence electrons. The fraction of sp³-hybridized carbons (Fsp3) is 0.320. The van der Waals surface area contributed by atoms with Crippen LogP contribution in [0.25, 0.3) is 5.70 Å². The number of amides is 2. The van der Waals surface area contributed by atoms with Crippen molar-refractivity contribution in [1.82, 2.24) is 29.8 Å². The Labute approximate surface area is 214 Å². The summed E-state index contributed by atoms with van der Waals surface area (Å²) in [5, 5.41) is 13.8. The topological polar surface area (TPSA) is 124 Å². The number of aliphatic imine (C=N–C) groups is 2. The zero-order valence-electron chi connectivity index (χ0n) is 20.5. The molecule has 2 fully saturated rings. The minimum absolute atomic E-state index is 0.116. The van der Waals surface area contributed by atoms with Crippen molar-refractivity contribution in [3.8, 4) is 6.07 Å². The van der Waals surface area contributed by atoms with Gasteiger partial charge < -0.3 is 4.90 Å². The molecule has 0 aliphatic carbocycles. The van der Waals surface area contributed by atoms with Crippen molar-refractivity contribution in [2.45, 2.75) is 6.29 Å². The Bertz CT molecular complexity index is 1320. The number of hydrogen-bond acceptors (Lipinski definition) is 10. The van der Waals surface area contributed by atoms with Gasteiger partial charge in [0.25, 0.3) is 0 Å². The van der Waals surface area contributed by atoms with Gasteiger partial charge in [-0.15, -0.1) is 0 Å². The van der Waals surface area contributed by atoms with E-state index < -0.39 is 6.29 Å². The summed E-state index contributed by atoms with van der Waals surface area (Å²) in [6.07, 6.45) is 2.71. The Morgan fingerprint density at radius 3 is 2.57 bits per heavy atom. The van der Waals surface area contributed by atoms with Crippen LogP contribution in [0, 0.1) is 11.3 Å². The van der Waals surface area contributed by atoms with Crippen molar-refractivity contribution in [3.63, 3.8) is 0 Å². The number of benzene rings is 1. The molecule has 5 heterocycles. The van der Waals surface area contributed by atoms with Gasteiger partial charge in [0.2, 0.25) is 6.29 Å². The van der Waals surface area contributed by atoms with E-state index in [1.807, 2.05) is 47.5 Å². The van der Waals surface area contributed by atoms with Crippen LogP contribution in [0.2, 0.25) is 0 Å². The number of nitrogens with two attached hydrogens (primary N) is 1. The highest BCUT2D eigenvalue weighted by atomic mass is 16.2. The summed E-state index contributed by atoms with van der Waals surface area (Å²) in [4.78, 5) is 33.5. The molecule has 12 nitrogen and oxygen atoms in total. The van der Waals surface area contributed by atoms with Gasteiger partial charge in [-0.05, 0) is 36.4 Å². The van der Waals surface area contributed by atoms with Crippen LogP contribution in [0.4, 0.5) is 10.5 Å². The smallest absolute Gasteiger partial charge is 0.341 e. The SMILES string of the molecule is CN1C(=O)N(CCN2CCN(c3ccc(C#N)cc3)CC2)C2N=C3C(=C(c4ccccn4)N=CN3N)N21. The van der Waals surface area contributed by atoms with Gasteiger partial charge in [-0.2, -0.15) is 5.26 Å². The number of hydrazine groups is 2. The Kier molecular flexibility index (Phi) is 5.71. The van der Waals surface area contributed by atoms with Crippen molar-refractivity contribution < 1.29 is 4.79 Å². The lowest BCUT2D eigenvalue weighted by Gasteiger charge is -2.36. The third-order valence-corrected chi connectivity index (χ3v) is 7.10. The number of amidine groups is 1. The van der Waals surface area contributed by atoms with Crippen LogP contribution in [-0.2, 0) is 0 Å². The van der Waals surface area contributed by atoms with E-state index in [1.165, 1.54) is 11.3 Å². The van der Waals surface area contributed by atoms with Crippen LogP contribution in [0.3, 0.4) is 0 Å². The van der Waals surface area contributed by atoms with Crippen molar-refractivity contribution in [2.75, 3.05) is 51.2 Å². The lowest BCUT2D eigenvalue weighted by Crippen LogP contribution is -2.49. The van der Waals surface area contributed by atoms with E-state index >= 15 is 0 Å². The molecular formula is C25H27N11O. The zero-order valence-corrected chi connectivity index (χ0v) is 20.5. The fourth-order valence-electron chi connectivity index (χ4n) is 5.09. The van der Waals surface area contributed by atoms with Gasteiger partial charge >= 0.3 is 6.03 Å². The number of carbonyl (C=O) groups excluding carboxylic acids is 1. The van der Waals surface area contributed by atoms with Crippen LogP contribution < -0.4 is 10.7 Å². The predicted molar refractivity (Wildman–Crippen MR) is 138 cm³/mol. The first kappa shape index (κ1) is 23.0. The second kappa shape index (κ2) is 9.20. The number of rotatable bonds is 5. The first-order valence-electron chi connectivity index (χ1n) is 12.2. The third-order valence-electron chi connectivity index (χ3n) is 7.10. The predicted octanol–water partition coefficient (Wildman–Crippen LogP) is 0.942. The van der Waals surface area contributed by atoms with Gasteiger partial charge in [0.1, 0.15) is 17.7 Å². The lowest BCUT2D eigenvalue weighted by molar-refractivity contribution is 0.0842. The average Bonchev–Trinajstić information content (AvgIpc) is 3.44. The fourth-order valence-corrected chi connectivity index (χ4v) is 5.09. The second-order valence-corrected chi connectivity index (χ2v) is 9.19. The summed E-state index contributed by atoms with van der Waals surface area (Å²) in [5.41, 5.74) is 3.78. The summed E-state index contributed by atoms with van der Waals surface area (Å²) >= 11 is 0. The summed E-state index contributed by atoms with van der Waals surface area (Å²) in [6.45, 7) is 4.83. The van der Waals surface area contributed by atoms with E-state index in [4.69, 9.17) is 16.1 Å². The third kappa shape index (κ3) is 3.94. The Morgan fingerprint density at radius 2 is 1.86 bits per heavy atom. The number of nitrogens with zero attached hydrogens (tertiary/aromatic N) is 10. The highest BCUT2D eigenvalue weighted by Crippen LogP contribution is 2.37. The van der Waals surface area contributed by atoms with Crippen LogP contribution in [0.5, 0.6) is 0 Å². The number of aromatic nitrogens is 1. The van der Waals surface area contributed by atoms with Gasteiger partial charge in [0.15, 0.2) is 5.84 Å². The number of hydrogen-bond donors (Lipinski definition) is 1. The van der Waals surface area contributed by atoms with E-state index in [0.717, 1.165) is 38.4 Å². The normalized spacial score (nSPS) is 21.4. The van der Waals surface area contributed by atoms with Crippen LogP contribution >= 0.6 is 0 Å². The molecule has 2 saturated heterocycles. The van der Waals surface area contributed by atoms with E-state index in [2.05, 4.69) is 25.8 Å². The molecule has 0 bridgehead atoms. The maximum atomic E-state index is 13.2. The number of nitriles is 1. The van der Waals surface area contributed by atoms with Crippen molar-refractivity contribution in [2.24, 2.45) is 15.8 Å². The molecule has 0 spiro atoms. The Hall–Kier alpha value is -4.47. The second-order valence-electron chi connectivity index (χ2n) is 9.19. The molecule has 12 heteroatoms. The molecule has 1 unspecified atom stereocenters. The number of carbonyl (C=O) groups is 1. The van der Waals surface area contributed by atoms with Crippen LogP contribution in [0.1, 0.15) is 11.3 Å². The summed E-state index contributed by atoms with van der Waals surface area (Å²) in [6, 6.07) is 15.4. The molecule has 1 aromatic heterocycles. The Morgan fingerprint density at radius 1 is 1.08 bits per heavy atom. The van der Waals surface area contributed by atoms with Gasteiger partial charge in [-0.1, -0.05) is 6.07 Å². The number of pyridine rings is 1. The summed E-state index contributed by atoms with van der Waals surface area (Å²) in [7, 11) is 1.74. The molecular weight excluding hydrogens is 470 g/mol. The van der Waals surface area contributed by atoms with Gasteiger partial charge in [-0.3, -0.25) is 14.8 Å². The molecule has 0 radical (unpaired) electrons. The summed E-state index contributed by atoms with van der Waals surface area (Å²) < 4.78 is 0. The zero-order chi connectivity index (χ0) is 25.5. The molecule has 2 amide bonds. The quantitative estimate of drug-likeness (QED) is 0.606. The maximum absolute atomic E-state index is 13.2. The van der Waals surface area contributed by atoms with Gasteiger partial charge in [-0.25, -0.2) is 35.6 Å². The molecule has 0 saturated carbocycles. The lowest BCUT2D eigenvalue weighted by atomic mass is 10.2. The summed E-state index contributed by atoms with van der Waals surface area (Å²) in [5.74, 6) is 6.73. The van der Waals surface area contributed by atoms with E-state index in [-0.39, 0.29) is 6.03 Å². The first-order chi connectivity index (χ1) is 18.0. The van der Waals surface area contributed by atoms with Crippen molar-refractivity contribution >= 4 is 29.6 Å². The van der Waals surface area contributed by atoms with E-state index in [0.29, 0.717) is 35.0 Å². The highest BCUT2D eigenvalue weighted by Gasteiger charge is 2.51. The van der Waals surface area contributed by atoms with Crippen molar-refractivity contribution in [3.05, 3.63) is 65.6 Å². The maximum Gasteiger partial charge on any atom is 0.341 e. The van der Waals surface area contributed by atoms with Crippen molar-refractivity contribution in [1.29, 1.82) is 5.26 Å². The van der Waals surface area contributed by atoms with E-state index in [1.54, 1.807) is 23.2 Å². The van der Waals surface area contributed by atoms with Crippen LogP contribution in [-0.4, -0.2) is 101 Å². The number of urea groups is 1. The Balaban J connectivity index is 1.15. The minimum atomic E-state index is -0.520. The monoisotopic (exact) mass is 497 g/mol. The number of piperazine rings is 1. The van der Waals surface area contributed by atoms with Gasteiger partial charge in [0.05, 0.1) is 17.3 Å². The minimum Gasteiger partial charge on any atom is -0.369 e. The standard InChI is InChI=1S/C25H27N11O/c1-31-25(37)34(15-12-32-10-13-33(14-11-32)19-7-5-18(16-26)6-8-19)24-30-23-22(36(24)31)21(29-17-35(23)27)20-4-2-3-9-28-20/h2-9,17,24H,10-15,27H2,1H3. The number of fused-ring (bicyclic) bond motifs is 3. The highest BCUT2D eigenvalue weighted by molar-refractivity contribution is 6.13. The molecule has 2 aromatic rings. The first-order valence-corrected chi connectivity index (χ1v) is 12.2. The van der Waals surface area contributed by atoms with E-state index in [9.17, 15) is 4.79 Å². The molecule has 6 rings (SSSR count).